The Kier molecular flexibility index (Phi) is 5.47. The molecule has 0 bridgehead atoms. The van der Waals surface area contributed by atoms with Crippen molar-refractivity contribution in [2.75, 3.05) is 25.0 Å². The Hall–Kier alpha value is -2.96. The lowest BCUT2D eigenvalue weighted by Crippen LogP contribution is -3.16. The quantitative estimate of drug-likeness (QED) is 0.712. The lowest BCUT2D eigenvalue weighted by Gasteiger charge is -2.31. The molecule has 0 spiro atoms. The highest BCUT2D eigenvalue weighted by molar-refractivity contribution is 5.96. The van der Waals surface area contributed by atoms with Crippen LogP contribution in [-0.2, 0) is 9.53 Å². The maximum Gasteiger partial charge on any atom is 0.281 e. The van der Waals surface area contributed by atoms with Crippen LogP contribution in [0.1, 0.15) is 13.8 Å². The number of carbonyl (C=O) groups is 1. The van der Waals surface area contributed by atoms with Gasteiger partial charge in [-0.2, -0.15) is 0 Å². The number of ether oxygens (including phenoxy) is 1. The highest BCUT2D eigenvalue weighted by atomic mass is 16.5. The molecular weight excluding hydrogens is 368 g/mol. The average molecular weight is 393 g/mol. The van der Waals surface area contributed by atoms with E-state index in [1.54, 1.807) is 24.3 Å². The van der Waals surface area contributed by atoms with Crippen molar-refractivity contribution < 1.29 is 18.8 Å². The van der Waals surface area contributed by atoms with E-state index in [1.807, 2.05) is 44.2 Å². The maximum atomic E-state index is 13.2. The molecule has 6 heteroatoms. The number of nitrogens with one attached hydrogen (secondary N) is 2. The number of rotatable bonds is 4. The van der Waals surface area contributed by atoms with Gasteiger partial charge in [0, 0.05) is 0 Å². The van der Waals surface area contributed by atoms with Gasteiger partial charge < -0.3 is 14.1 Å². The molecule has 6 nitrogen and oxygen atoms in total. The molecule has 1 saturated heterocycles. The van der Waals surface area contributed by atoms with Crippen LogP contribution < -0.4 is 15.6 Å². The third-order valence-corrected chi connectivity index (χ3v) is 5.14. The van der Waals surface area contributed by atoms with Crippen LogP contribution in [0.4, 0.5) is 5.88 Å². The van der Waals surface area contributed by atoms with E-state index in [0.29, 0.717) is 28.6 Å². The Morgan fingerprint density at radius 2 is 1.69 bits per heavy atom. The van der Waals surface area contributed by atoms with Crippen LogP contribution in [0.2, 0.25) is 0 Å². The van der Waals surface area contributed by atoms with E-state index in [9.17, 15) is 9.59 Å². The SMILES string of the molecule is C[C@@H]1C[NH+](CC(=O)Nc2oc3ccccc3c(=O)c2-c2ccccc2)C[C@H](C)O1. The summed E-state index contributed by atoms with van der Waals surface area (Å²) in [6.07, 6.45) is 0.222. The van der Waals surface area contributed by atoms with Crippen LogP contribution >= 0.6 is 0 Å². The predicted molar refractivity (Wildman–Crippen MR) is 112 cm³/mol. The lowest BCUT2D eigenvalue weighted by atomic mass is 10.0. The van der Waals surface area contributed by atoms with Gasteiger partial charge >= 0.3 is 0 Å². The van der Waals surface area contributed by atoms with Gasteiger partial charge in [0.1, 0.15) is 30.9 Å². The van der Waals surface area contributed by atoms with Crippen molar-refractivity contribution >= 4 is 22.8 Å². The molecule has 2 N–H and O–H groups in total. The first-order valence-corrected chi connectivity index (χ1v) is 9.91. The van der Waals surface area contributed by atoms with Crippen LogP contribution in [0.15, 0.2) is 63.8 Å². The van der Waals surface area contributed by atoms with Crippen molar-refractivity contribution in [3.63, 3.8) is 0 Å². The van der Waals surface area contributed by atoms with Gasteiger partial charge in [0.05, 0.1) is 10.9 Å². The minimum atomic E-state index is -0.183. The molecule has 1 amide bonds. The van der Waals surface area contributed by atoms with Crippen molar-refractivity contribution in [3.05, 3.63) is 64.8 Å². The molecule has 2 aromatic carbocycles. The molecule has 4 rings (SSSR count). The predicted octanol–water partition coefficient (Wildman–Crippen LogP) is 2.09. The minimum absolute atomic E-state index is 0.111. The molecule has 0 aliphatic carbocycles. The van der Waals surface area contributed by atoms with Crippen LogP contribution in [-0.4, -0.2) is 37.7 Å². The van der Waals surface area contributed by atoms with Crippen LogP contribution in [0.3, 0.4) is 0 Å². The van der Waals surface area contributed by atoms with Crippen molar-refractivity contribution in [3.8, 4) is 11.1 Å². The second-order valence-electron chi connectivity index (χ2n) is 7.64. The third kappa shape index (κ3) is 4.23. The number of amides is 1. The summed E-state index contributed by atoms with van der Waals surface area (Å²) in [5.41, 5.74) is 1.38. The Balaban J connectivity index is 1.67. The molecule has 29 heavy (non-hydrogen) atoms. The molecule has 150 valence electrons. The van der Waals surface area contributed by atoms with Gasteiger partial charge in [-0.3, -0.25) is 14.9 Å². The smallest absolute Gasteiger partial charge is 0.281 e. The van der Waals surface area contributed by atoms with Crippen LogP contribution in [0.5, 0.6) is 0 Å². The fraction of sp³-hybridized carbons (Fsp3) is 0.304. The number of hydrogen-bond donors (Lipinski definition) is 2. The highest BCUT2D eigenvalue weighted by Crippen LogP contribution is 2.28. The Bertz CT molecular complexity index is 1070. The summed E-state index contributed by atoms with van der Waals surface area (Å²) in [6, 6.07) is 16.4. The number of anilines is 1. The van der Waals surface area contributed by atoms with E-state index in [-0.39, 0.29) is 29.4 Å². The molecule has 1 aromatic heterocycles. The van der Waals surface area contributed by atoms with E-state index in [4.69, 9.17) is 9.15 Å². The van der Waals surface area contributed by atoms with Crippen LogP contribution in [0.25, 0.3) is 22.1 Å². The Morgan fingerprint density at radius 1 is 1.03 bits per heavy atom. The number of fused-ring (bicyclic) bond motifs is 1. The van der Waals surface area contributed by atoms with Gasteiger partial charge in [-0.1, -0.05) is 42.5 Å². The standard InChI is InChI=1S/C23H24N2O4/c1-15-12-25(13-16(2)28-15)14-20(26)24-23-21(17-8-4-3-5-9-17)22(27)18-10-6-7-11-19(18)29-23/h3-11,15-16H,12-14H2,1-2H3,(H,24,26)/p+1/t15-,16+. The number of quaternary nitrogens is 1. The number of para-hydroxylation sites is 1. The van der Waals surface area contributed by atoms with Crippen molar-refractivity contribution in [2.24, 2.45) is 0 Å². The van der Waals surface area contributed by atoms with Crippen molar-refractivity contribution in [2.45, 2.75) is 26.1 Å². The van der Waals surface area contributed by atoms with E-state index in [2.05, 4.69) is 5.32 Å². The van der Waals surface area contributed by atoms with Gasteiger partial charge in [-0.05, 0) is 31.5 Å². The fourth-order valence-corrected chi connectivity index (χ4v) is 4.03. The normalized spacial score (nSPS) is 21.8. The molecule has 1 unspecified atom stereocenters. The van der Waals surface area contributed by atoms with E-state index in [0.717, 1.165) is 18.0 Å². The molecule has 0 radical (unpaired) electrons. The first-order chi connectivity index (χ1) is 14.0. The van der Waals surface area contributed by atoms with Crippen molar-refractivity contribution in [1.82, 2.24) is 0 Å². The topological polar surface area (TPSA) is 73.0 Å². The van der Waals surface area contributed by atoms with Gasteiger partial charge in [-0.25, -0.2) is 0 Å². The zero-order chi connectivity index (χ0) is 20.4. The molecule has 1 fully saturated rings. The maximum absolute atomic E-state index is 13.2. The van der Waals surface area contributed by atoms with E-state index < -0.39 is 0 Å². The molecular formula is C23H25N2O4+. The number of hydrogen-bond acceptors (Lipinski definition) is 4. The molecule has 3 atom stereocenters. The van der Waals surface area contributed by atoms with Gasteiger partial charge in [-0.15, -0.1) is 0 Å². The summed E-state index contributed by atoms with van der Waals surface area (Å²) in [5.74, 6) is 0.00979. The molecule has 3 aromatic rings. The summed E-state index contributed by atoms with van der Waals surface area (Å²) in [5, 5.41) is 3.34. The summed E-state index contributed by atoms with van der Waals surface area (Å²) in [6.45, 7) is 5.87. The number of benzene rings is 2. The van der Waals surface area contributed by atoms with Gasteiger partial charge in [0.25, 0.3) is 5.91 Å². The Morgan fingerprint density at radius 3 is 2.41 bits per heavy atom. The largest absolute Gasteiger partial charge is 0.439 e. The number of morpholine rings is 1. The molecule has 0 saturated carbocycles. The summed E-state index contributed by atoms with van der Waals surface area (Å²) in [4.78, 5) is 27.1. The fourth-order valence-electron chi connectivity index (χ4n) is 4.03. The first kappa shape index (κ1) is 19.4. The zero-order valence-electron chi connectivity index (χ0n) is 16.6. The van der Waals surface area contributed by atoms with Crippen LogP contribution in [0, 0.1) is 0 Å². The second-order valence-corrected chi connectivity index (χ2v) is 7.64. The molecule has 1 aliphatic rings. The minimum Gasteiger partial charge on any atom is -0.439 e. The van der Waals surface area contributed by atoms with E-state index in [1.165, 1.54) is 0 Å². The number of carbonyl (C=O) groups excluding carboxylic acids is 1. The third-order valence-electron chi connectivity index (χ3n) is 5.14. The van der Waals surface area contributed by atoms with Gasteiger partial charge in [0.15, 0.2) is 6.54 Å². The Labute approximate surface area is 169 Å². The highest BCUT2D eigenvalue weighted by Gasteiger charge is 2.28. The summed E-state index contributed by atoms with van der Waals surface area (Å²) < 4.78 is 11.7. The molecule has 2 heterocycles. The van der Waals surface area contributed by atoms with E-state index >= 15 is 0 Å². The average Bonchev–Trinajstić information content (AvgIpc) is 2.68. The summed E-state index contributed by atoms with van der Waals surface area (Å²) in [7, 11) is 0. The lowest BCUT2D eigenvalue weighted by molar-refractivity contribution is -0.907. The molecule has 1 aliphatic heterocycles. The van der Waals surface area contributed by atoms with Gasteiger partial charge in [0.2, 0.25) is 11.3 Å². The summed E-state index contributed by atoms with van der Waals surface area (Å²) >= 11 is 0. The monoisotopic (exact) mass is 393 g/mol. The zero-order valence-corrected chi connectivity index (χ0v) is 16.6. The first-order valence-electron chi connectivity index (χ1n) is 9.91. The second kappa shape index (κ2) is 8.19. The van der Waals surface area contributed by atoms with Crippen molar-refractivity contribution in [1.29, 1.82) is 0 Å².